The molecular formula is C9H10O2. The van der Waals surface area contributed by atoms with Crippen LogP contribution in [0, 0.1) is 0 Å². The molecule has 0 saturated heterocycles. The van der Waals surface area contributed by atoms with Gasteiger partial charge in [-0.15, -0.1) is 0 Å². The van der Waals surface area contributed by atoms with E-state index in [-0.39, 0.29) is 5.78 Å². The molecular weight excluding hydrogens is 140 g/mol. The summed E-state index contributed by atoms with van der Waals surface area (Å²) in [7, 11) is 0. The van der Waals surface area contributed by atoms with E-state index in [1.165, 1.54) is 6.92 Å². The largest absolute Gasteiger partial charge is 0.472 e. The SMILES string of the molecule is CC(=O)/C=C(/C)c1ccoc1. The first-order valence-electron chi connectivity index (χ1n) is 3.41. The molecule has 11 heavy (non-hydrogen) atoms. The summed E-state index contributed by atoms with van der Waals surface area (Å²) in [4.78, 5) is 10.6. The highest BCUT2D eigenvalue weighted by atomic mass is 16.3. The molecule has 0 saturated carbocycles. The lowest BCUT2D eigenvalue weighted by atomic mass is 10.1. The van der Waals surface area contributed by atoms with E-state index in [1.807, 2.05) is 13.0 Å². The summed E-state index contributed by atoms with van der Waals surface area (Å²) in [6.07, 6.45) is 4.80. The quantitative estimate of drug-likeness (QED) is 0.605. The maximum atomic E-state index is 10.6. The van der Waals surface area contributed by atoms with Crippen molar-refractivity contribution < 1.29 is 9.21 Å². The molecule has 0 aliphatic rings. The van der Waals surface area contributed by atoms with Crippen LogP contribution in [-0.2, 0) is 4.79 Å². The van der Waals surface area contributed by atoms with Gasteiger partial charge in [0.15, 0.2) is 5.78 Å². The van der Waals surface area contributed by atoms with Gasteiger partial charge in [0, 0.05) is 5.56 Å². The monoisotopic (exact) mass is 150 g/mol. The second kappa shape index (κ2) is 3.19. The van der Waals surface area contributed by atoms with Gasteiger partial charge in [0.25, 0.3) is 0 Å². The van der Waals surface area contributed by atoms with Crippen molar-refractivity contribution in [3.05, 3.63) is 30.2 Å². The van der Waals surface area contributed by atoms with Crippen molar-refractivity contribution in [3.63, 3.8) is 0 Å². The van der Waals surface area contributed by atoms with E-state index in [0.717, 1.165) is 11.1 Å². The highest BCUT2D eigenvalue weighted by Crippen LogP contribution is 2.12. The second-order valence-electron chi connectivity index (χ2n) is 2.45. The number of furan rings is 1. The zero-order valence-corrected chi connectivity index (χ0v) is 6.63. The maximum absolute atomic E-state index is 10.6. The van der Waals surface area contributed by atoms with E-state index >= 15 is 0 Å². The zero-order valence-electron chi connectivity index (χ0n) is 6.63. The van der Waals surface area contributed by atoms with Crippen molar-refractivity contribution in [1.82, 2.24) is 0 Å². The Morgan fingerprint density at radius 2 is 2.27 bits per heavy atom. The third-order valence-electron chi connectivity index (χ3n) is 1.40. The number of carbonyl (C=O) groups is 1. The summed E-state index contributed by atoms with van der Waals surface area (Å²) in [5.41, 5.74) is 1.89. The molecule has 0 unspecified atom stereocenters. The Bertz CT molecular complexity index is 268. The van der Waals surface area contributed by atoms with Gasteiger partial charge in [-0.2, -0.15) is 0 Å². The van der Waals surface area contributed by atoms with E-state index in [0.29, 0.717) is 0 Å². The normalized spacial score (nSPS) is 11.6. The van der Waals surface area contributed by atoms with Crippen LogP contribution in [0.15, 0.2) is 29.1 Å². The molecule has 0 spiro atoms. The number of hydrogen-bond donors (Lipinski definition) is 0. The molecule has 1 heterocycles. The van der Waals surface area contributed by atoms with Crippen LogP contribution in [0.4, 0.5) is 0 Å². The molecule has 58 valence electrons. The highest BCUT2D eigenvalue weighted by Gasteiger charge is 1.96. The number of carbonyl (C=O) groups excluding carboxylic acids is 1. The van der Waals surface area contributed by atoms with E-state index in [9.17, 15) is 4.79 Å². The Kier molecular flexibility index (Phi) is 2.26. The molecule has 2 nitrogen and oxygen atoms in total. The van der Waals surface area contributed by atoms with Gasteiger partial charge in [-0.3, -0.25) is 4.79 Å². The van der Waals surface area contributed by atoms with Gasteiger partial charge >= 0.3 is 0 Å². The zero-order chi connectivity index (χ0) is 8.27. The number of rotatable bonds is 2. The third-order valence-corrected chi connectivity index (χ3v) is 1.40. The maximum Gasteiger partial charge on any atom is 0.152 e. The Balaban J connectivity index is 2.86. The molecule has 0 N–H and O–H groups in total. The minimum absolute atomic E-state index is 0.0590. The van der Waals surface area contributed by atoms with Crippen molar-refractivity contribution in [2.45, 2.75) is 13.8 Å². The van der Waals surface area contributed by atoms with Crippen LogP contribution < -0.4 is 0 Å². The molecule has 0 atom stereocenters. The fourth-order valence-corrected chi connectivity index (χ4v) is 0.877. The topological polar surface area (TPSA) is 30.2 Å². The van der Waals surface area contributed by atoms with Gasteiger partial charge in [-0.05, 0) is 31.6 Å². The average molecular weight is 150 g/mol. The Morgan fingerprint density at radius 1 is 1.55 bits per heavy atom. The van der Waals surface area contributed by atoms with Crippen molar-refractivity contribution >= 4 is 11.4 Å². The van der Waals surface area contributed by atoms with E-state index in [2.05, 4.69) is 0 Å². The molecule has 0 amide bonds. The third kappa shape index (κ3) is 2.08. The molecule has 0 bridgehead atoms. The summed E-state index contributed by atoms with van der Waals surface area (Å²) in [6.45, 7) is 3.41. The fraction of sp³-hybridized carbons (Fsp3) is 0.222. The minimum atomic E-state index is 0.0590. The summed E-state index contributed by atoms with van der Waals surface area (Å²) in [5.74, 6) is 0.0590. The number of hydrogen-bond acceptors (Lipinski definition) is 2. The van der Waals surface area contributed by atoms with Gasteiger partial charge < -0.3 is 4.42 Å². The van der Waals surface area contributed by atoms with Crippen molar-refractivity contribution in [2.75, 3.05) is 0 Å². The van der Waals surface area contributed by atoms with Crippen LogP contribution in [0.5, 0.6) is 0 Å². The van der Waals surface area contributed by atoms with Crippen molar-refractivity contribution in [1.29, 1.82) is 0 Å². The lowest BCUT2D eigenvalue weighted by Gasteiger charge is -1.91. The van der Waals surface area contributed by atoms with Crippen molar-refractivity contribution in [3.8, 4) is 0 Å². The van der Waals surface area contributed by atoms with Gasteiger partial charge in [-0.1, -0.05) is 0 Å². The predicted molar refractivity (Wildman–Crippen MR) is 43.0 cm³/mol. The van der Waals surface area contributed by atoms with Gasteiger partial charge in [0.2, 0.25) is 0 Å². The first-order chi connectivity index (χ1) is 5.20. The molecule has 1 aromatic rings. The van der Waals surface area contributed by atoms with Crippen LogP contribution in [0.2, 0.25) is 0 Å². The first-order valence-corrected chi connectivity index (χ1v) is 3.41. The van der Waals surface area contributed by atoms with Crippen LogP contribution in [0.1, 0.15) is 19.4 Å². The molecule has 0 radical (unpaired) electrons. The molecule has 0 fully saturated rings. The Labute approximate surface area is 65.5 Å². The van der Waals surface area contributed by atoms with Gasteiger partial charge in [0.05, 0.1) is 12.5 Å². The smallest absolute Gasteiger partial charge is 0.152 e. The van der Waals surface area contributed by atoms with E-state index < -0.39 is 0 Å². The Hall–Kier alpha value is -1.31. The van der Waals surface area contributed by atoms with Crippen LogP contribution in [0.25, 0.3) is 5.57 Å². The molecule has 0 aliphatic heterocycles. The summed E-state index contributed by atoms with van der Waals surface area (Å²) < 4.78 is 4.87. The van der Waals surface area contributed by atoms with Crippen molar-refractivity contribution in [2.24, 2.45) is 0 Å². The summed E-state index contributed by atoms with van der Waals surface area (Å²) in [5, 5.41) is 0. The average Bonchev–Trinajstić information content (AvgIpc) is 2.35. The number of ketones is 1. The van der Waals surface area contributed by atoms with Crippen LogP contribution in [-0.4, -0.2) is 5.78 Å². The molecule has 2 heteroatoms. The number of allylic oxidation sites excluding steroid dienone is 2. The fourth-order valence-electron chi connectivity index (χ4n) is 0.877. The van der Waals surface area contributed by atoms with Crippen LogP contribution in [0.3, 0.4) is 0 Å². The molecule has 1 rings (SSSR count). The molecule has 0 aliphatic carbocycles. The molecule has 0 aromatic carbocycles. The van der Waals surface area contributed by atoms with Crippen LogP contribution >= 0.6 is 0 Å². The van der Waals surface area contributed by atoms with Gasteiger partial charge in [0.1, 0.15) is 0 Å². The molecule has 1 aromatic heterocycles. The standard InChI is InChI=1S/C9H10O2/c1-7(5-8(2)10)9-3-4-11-6-9/h3-6H,1-2H3/b7-5-. The summed E-state index contributed by atoms with van der Waals surface area (Å²) >= 11 is 0. The Morgan fingerprint density at radius 3 is 2.73 bits per heavy atom. The highest BCUT2D eigenvalue weighted by molar-refractivity contribution is 5.94. The second-order valence-corrected chi connectivity index (χ2v) is 2.45. The van der Waals surface area contributed by atoms with Gasteiger partial charge in [-0.25, -0.2) is 0 Å². The lowest BCUT2D eigenvalue weighted by Crippen LogP contribution is -1.83. The first kappa shape index (κ1) is 7.79. The predicted octanol–water partition coefficient (Wildman–Crippen LogP) is 2.27. The van der Waals surface area contributed by atoms with E-state index in [1.54, 1.807) is 18.6 Å². The minimum Gasteiger partial charge on any atom is -0.472 e. The summed E-state index contributed by atoms with van der Waals surface area (Å²) in [6, 6.07) is 1.83. The lowest BCUT2D eigenvalue weighted by molar-refractivity contribution is -0.112. The van der Waals surface area contributed by atoms with E-state index in [4.69, 9.17) is 4.42 Å².